The van der Waals surface area contributed by atoms with Gasteiger partial charge in [0.1, 0.15) is 6.61 Å². The molecule has 1 aromatic heterocycles. The van der Waals surface area contributed by atoms with Crippen LogP contribution in [0, 0.1) is 13.8 Å². The molecule has 2 aliphatic rings. The molecule has 7 heteroatoms. The number of amides is 1. The Bertz CT molecular complexity index is 1320. The van der Waals surface area contributed by atoms with E-state index in [0.29, 0.717) is 0 Å². The fourth-order valence-corrected chi connectivity index (χ4v) is 5.18. The summed E-state index contributed by atoms with van der Waals surface area (Å²) in [6.45, 7) is 12.5. The topological polar surface area (TPSA) is 69.7 Å². The van der Waals surface area contributed by atoms with Gasteiger partial charge >= 0.3 is 13.2 Å². The monoisotopic (exact) mass is 510 g/mol. The highest BCUT2D eigenvalue weighted by molar-refractivity contribution is 6.56. The van der Waals surface area contributed by atoms with Crippen LogP contribution in [0.15, 0.2) is 66.1 Å². The van der Waals surface area contributed by atoms with Gasteiger partial charge in [-0.25, -0.2) is 4.79 Å². The van der Waals surface area contributed by atoms with Gasteiger partial charge in [0.05, 0.1) is 11.2 Å². The van der Waals surface area contributed by atoms with E-state index in [1.54, 1.807) is 0 Å². The fourth-order valence-electron chi connectivity index (χ4n) is 5.18. The first kappa shape index (κ1) is 26.2. The van der Waals surface area contributed by atoms with Crippen molar-refractivity contribution in [3.63, 3.8) is 0 Å². The van der Waals surface area contributed by atoms with E-state index in [4.69, 9.17) is 14.0 Å². The van der Waals surface area contributed by atoms with Crippen molar-refractivity contribution in [2.75, 3.05) is 13.2 Å². The average molecular weight is 510 g/mol. The summed E-state index contributed by atoms with van der Waals surface area (Å²) in [5.74, 6) is 0.00836. The average Bonchev–Trinajstić information content (AvgIpc) is 3.29. The number of alkyl carbamates (subject to hydrolysis) is 1. The zero-order valence-corrected chi connectivity index (χ0v) is 23.0. The second-order valence-electron chi connectivity index (χ2n) is 11.2. The molecule has 0 bridgehead atoms. The van der Waals surface area contributed by atoms with E-state index < -0.39 is 24.4 Å². The summed E-state index contributed by atoms with van der Waals surface area (Å²) in [6, 6.07) is 20.6. The largest absolute Gasteiger partial charge is 0.492 e. The van der Waals surface area contributed by atoms with Crippen LogP contribution in [0.25, 0.3) is 17.2 Å². The number of aryl methyl sites for hydroxylation is 2. The van der Waals surface area contributed by atoms with Crippen LogP contribution in [0.1, 0.15) is 61.7 Å². The summed E-state index contributed by atoms with van der Waals surface area (Å²) < 4.78 is 18.4. The highest BCUT2D eigenvalue weighted by Crippen LogP contribution is 2.44. The summed E-state index contributed by atoms with van der Waals surface area (Å²) in [7, 11) is -0.595. The van der Waals surface area contributed by atoms with Crippen molar-refractivity contribution in [3.05, 3.63) is 94.2 Å². The minimum atomic E-state index is -0.595. The first-order valence-electron chi connectivity index (χ1n) is 13.1. The van der Waals surface area contributed by atoms with Gasteiger partial charge in [0.15, 0.2) is 0 Å². The van der Waals surface area contributed by atoms with Crippen LogP contribution < -0.4 is 5.32 Å². The van der Waals surface area contributed by atoms with Crippen LogP contribution in [0.5, 0.6) is 0 Å². The zero-order valence-electron chi connectivity index (χ0n) is 23.0. The SMILES string of the molecule is Cc1cc(C=C(CNC(=O)OCC2c3ccccc3-c3ccccc32)B2OC(C)(C)C(C)(C)O2)cc(C)n1. The number of carbonyl (C=O) groups is 1. The Labute approximate surface area is 225 Å². The number of ether oxygens (including phenoxy) is 1. The van der Waals surface area contributed by atoms with Crippen molar-refractivity contribution in [3.8, 4) is 11.1 Å². The molecule has 2 aromatic carbocycles. The molecule has 0 spiro atoms. The minimum Gasteiger partial charge on any atom is -0.449 e. The second-order valence-corrected chi connectivity index (χ2v) is 11.2. The van der Waals surface area contributed by atoms with E-state index in [1.807, 2.05) is 84.0 Å². The van der Waals surface area contributed by atoms with E-state index >= 15 is 0 Å². The maximum atomic E-state index is 12.9. The number of nitrogens with one attached hydrogen (secondary N) is 1. The van der Waals surface area contributed by atoms with Gasteiger partial charge in [0.2, 0.25) is 0 Å². The van der Waals surface area contributed by atoms with Crippen LogP contribution in [-0.4, -0.2) is 42.5 Å². The van der Waals surface area contributed by atoms with Gasteiger partial charge in [0.25, 0.3) is 0 Å². The first-order valence-corrected chi connectivity index (χ1v) is 13.1. The number of hydrogen-bond donors (Lipinski definition) is 1. The number of pyridine rings is 1. The molecule has 38 heavy (non-hydrogen) atoms. The number of rotatable bonds is 6. The maximum absolute atomic E-state index is 12.9. The van der Waals surface area contributed by atoms with E-state index in [-0.39, 0.29) is 19.1 Å². The van der Waals surface area contributed by atoms with Crippen molar-refractivity contribution in [2.24, 2.45) is 0 Å². The maximum Gasteiger partial charge on any atom is 0.492 e. The first-order chi connectivity index (χ1) is 18.0. The molecule has 1 saturated heterocycles. The number of hydrogen-bond acceptors (Lipinski definition) is 5. The van der Waals surface area contributed by atoms with Crippen LogP contribution >= 0.6 is 0 Å². The molecule has 1 N–H and O–H groups in total. The smallest absolute Gasteiger partial charge is 0.449 e. The lowest BCUT2D eigenvalue weighted by Crippen LogP contribution is -2.41. The minimum absolute atomic E-state index is 0.00836. The van der Waals surface area contributed by atoms with E-state index in [9.17, 15) is 4.79 Å². The Balaban J connectivity index is 1.31. The van der Waals surface area contributed by atoms with Crippen LogP contribution in [0.3, 0.4) is 0 Å². The molecule has 1 aliphatic carbocycles. The lowest BCUT2D eigenvalue weighted by Gasteiger charge is -2.32. The summed E-state index contributed by atoms with van der Waals surface area (Å²) in [5, 5.41) is 2.93. The number of aromatic nitrogens is 1. The van der Waals surface area contributed by atoms with E-state index in [1.165, 1.54) is 22.3 Å². The molecule has 0 radical (unpaired) electrons. The highest BCUT2D eigenvalue weighted by Gasteiger charge is 2.52. The number of carbonyl (C=O) groups excluding carboxylic acids is 1. The van der Waals surface area contributed by atoms with Crippen molar-refractivity contribution >= 4 is 19.3 Å². The third kappa shape index (κ3) is 5.13. The molecule has 3 aromatic rings. The molecule has 0 saturated carbocycles. The molecular formula is C31H35BN2O4. The molecule has 196 valence electrons. The zero-order chi connectivity index (χ0) is 27.1. The summed E-state index contributed by atoms with van der Waals surface area (Å²) >= 11 is 0. The molecule has 6 nitrogen and oxygen atoms in total. The summed E-state index contributed by atoms with van der Waals surface area (Å²) in [5.41, 5.74) is 7.41. The fraction of sp³-hybridized carbons (Fsp3) is 0.355. The molecular weight excluding hydrogens is 475 g/mol. The molecule has 0 atom stereocenters. The Kier molecular flexibility index (Phi) is 6.93. The normalized spacial score (nSPS) is 17.7. The molecule has 0 unspecified atom stereocenters. The third-order valence-electron chi connectivity index (χ3n) is 7.79. The third-order valence-corrected chi connectivity index (χ3v) is 7.79. The highest BCUT2D eigenvalue weighted by atomic mass is 16.7. The van der Waals surface area contributed by atoms with Crippen molar-refractivity contribution < 1.29 is 18.8 Å². The van der Waals surface area contributed by atoms with Crippen molar-refractivity contribution in [2.45, 2.75) is 58.7 Å². The molecule has 2 heterocycles. The summed E-state index contributed by atoms with van der Waals surface area (Å²) in [6.07, 6.45) is 1.53. The van der Waals surface area contributed by atoms with Gasteiger partial charge in [-0.05, 0) is 87.0 Å². The van der Waals surface area contributed by atoms with Crippen LogP contribution in [0.2, 0.25) is 0 Å². The van der Waals surface area contributed by atoms with Crippen LogP contribution in [-0.2, 0) is 14.0 Å². The van der Waals surface area contributed by atoms with Gasteiger partial charge in [-0.1, -0.05) is 54.6 Å². The Hall–Kier alpha value is -3.42. The van der Waals surface area contributed by atoms with E-state index in [0.717, 1.165) is 22.4 Å². The van der Waals surface area contributed by atoms with Gasteiger partial charge in [-0.15, -0.1) is 0 Å². The van der Waals surface area contributed by atoms with Gasteiger partial charge in [0, 0.05) is 23.9 Å². The Morgan fingerprint density at radius 1 is 0.947 bits per heavy atom. The quantitative estimate of drug-likeness (QED) is 0.397. The van der Waals surface area contributed by atoms with E-state index in [2.05, 4.69) is 34.6 Å². The predicted octanol–water partition coefficient (Wildman–Crippen LogP) is 6.25. The van der Waals surface area contributed by atoms with Crippen LogP contribution in [0.4, 0.5) is 4.79 Å². The molecule has 1 aliphatic heterocycles. The van der Waals surface area contributed by atoms with Crippen molar-refractivity contribution in [1.29, 1.82) is 0 Å². The summed E-state index contributed by atoms with van der Waals surface area (Å²) in [4.78, 5) is 17.4. The molecule has 5 rings (SSSR count). The lowest BCUT2D eigenvalue weighted by atomic mass is 9.77. The number of nitrogens with zero attached hydrogens (tertiary/aromatic N) is 1. The second kappa shape index (κ2) is 10.0. The molecule has 1 amide bonds. The standard InChI is InChI=1S/C31H35BN2O4/c1-20-15-22(16-21(2)34-20)17-23(32-37-30(3,4)31(5,6)38-32)18-33-29(35)36-19-28-26-13-9-7-11-24(26)25-12-8-10-14-27(25)28/h7-17,28H,18-19H2,1-6H3,(H,33,35). The van der Waals surface area contributed by atoms with Gasteiger partial charge in [-0.2, -0.15) is 0 Å². The Morgan fingerprint density at radius 2 is 1.47 bits per heavy atom. The lowest BCUT2D eigenvalue weighted by molar-refractivity contribution is 0.00578. The van der Waals surface area contributed by atoms with Gasteiger partial charge < -0.3 is 19.4 Å². The van der Waals surface area contributed by atoms with Crippen molar-refractivity contribution in [1.82, 2.24) is 10.3 Å². The Morgan fingerprint density at radius 3 is 2.03 bits per heavy atom. The predicted molar refractivity (Wildman–Crippen MR) is 151 cm³/mol. The number of fused-ring (bicyclic) bond motifs is 3. The van der Waals surface area contributed by atoms with Gasteiger partial charge in [-0.3, -0.25) is 4.98 Å². The molecule has 1 fully saturated rings. The number of benzene rings is 2.